The fraction of sp³-hybridized carbons (Fsp3) is 0.722. The van der Waals surface area contributed by atoms with Crippen LogP contribution in [0.1, 0.15) is 39.0 Å². The number of allylic oxidation sites excluding steroid dienone is 2. The van der Waals surface area contributed by atoms with Crippen LogP contribution in [0.15, 0.2) is 23.8 Å². The highest BCUT2D eigenvalue weighted by Gasteiger charge is 2.39. The normalized spacial score (nSPS) is 35.0. The summed E-state index contributed by atoms with van der Waals surface area (Å²) in [5.74, 6) is -0.743. The molecule has 0 spiro atoms. The minimum atomic E-state index is -1.08. The number of carboxylic acids is 1. The molecule has 0 aromatic carbocycles. The summed E-state index contributed by atoms with van der Waals surface area (Å²) in [5, 5.41) is 48.5. The molecule has 7 atom stereocenters. The van der Waals surface area contributed by atoms with Gasteiger partial charge < -0.3 is 25.5 Å². The summed E-state index contributed by atoms with van der Waals surface area (Å²) in [4.78, 5) is 10.6. The lowest BCUT2D eigenvalue weighted by Crippen LogP contribution is -2.40. The highest BCUT2D eigenvalue weighted by atomic mass is 16.4. The van der Waals surface area contributed by atoms with Crippen LogP contribution in [-0.2, 0) is 4.79 Å². The number of aliphatic hydroxyl groups excluding tert-OH is 4. The van der Waals surface area contributed by atoms with E-state index in [1.165, 1.54) is 0 Å². The van der Waals surface area contributed by atoms with E-state index in [1.54, 1.807) is 6.08 Å². The van der Waals surface area contributed by atoms with Gasteiger partial charge in [-0.1, -0.05) is 25.2 Å². The molecule has 2 aliphatic carbocycles. The van der Waals surface area contributed by atoms with Crippen molar-refractivity contribution in [2.24, 2.45) is 17.8 Å². The van der Waals surface area contributed by atoms with Crippen LogP contribution in [0, 0.1) is 17.8 Å². The zero-order valence-electron chi connectivity index (χ0n) is 14.0. The third-order valence-corrected chi connectivity index (χ3v) is 5.18. The topological polar surface area (TPSA) is 118 Å². The van der Waals surface area contributed by atoms with E-state index in [0.29, 0.717) is 19.3 Å². The summed E-state index contributed by atoms with van der Waals surface area (Å²) in [6.45, 7) is 2.07. The van der Waals surface area contributed by atoms with E-state index in [-0.39, 0.29) is 30.6 Å². The van der Waals surface area contributed by atoms with Crippen molar-refractivity contribution < 1.29 is 30.3 Å². The van der Waals surface area contributed by atoms with Crippen LogP contribution in [0.25, 0.3) is 0 Å². The summed E-state index contributed by atoms with van der Waals surface area (Å²) in [7, 11) is 0. The summed E-state index contributed by atoms with van der Waals surface area (Å²) in [5.41, 5.74) is 0.949. The molecule has 0 aliphatic heterocycles. The van der Waals surface area contributed by atoms with Gasteiger partial charge in [0.05, 0.1) is 30.8 Å². The van der Waals surface area contributed by atoms with Gasteiger partial charge in [0.25, 0.3) is 0 Å². The maximum atomic E-state index is 10.6. The molecule has 0 saturated carbocycles. The number of carboxylic acid groups (broad SMARTS) is 1. The van der Waals surface area contributed by atoms with Gasteiger partial charge in [0.2, 0.25) is 0 Å². The molecule has 0 amide bonds. The van der Waals surface area contributed by atoms with E-state index in [4.69, 9.17) is 5.11 Å². The standard InChI is InChI=1S/C18H28O6/c1-10-2-3-11-6-13(20)8-16(22)18(11)15(10)5-4-12(19)7-14(21)9-17(23)24/h2-3,6,10,12-16,18-22H,4-5,7-9H2,1H3,(H,23,24)/t10-,12-,13-,14-,15+,16+,18+/m1/s1. The number of fused-ring (bicyclic) bond motifs is 1. The highest BCUT2D eigenvalue weighted by molar-refractivity contribution is 5.67. The smallest absolute Gasteiger partial charge is 0.305 e. The van der Waals surface area contributed by atoms with Crippen molar-refractivity contribution in [3.05, 3.63) is 23.8 Å². The second-order valence-corrected chi connectivity index (χ2v) is 7.16. The monoisotopic (exact) mass is 340 g/mol. The van der Waals surface area contributed by atoms with Crippen LogP contribution in [0.4, 0.5) is 0 Å². The van der Waals surface area contributed by atoms with E-state index in [0.717, 1.165) is 5.57 Å². The second-order valence-electron chi connectivity index (χ2n) is 7.16. The highest BCUT2D eigenvalue weighted by Crippen LogP contribution is 2.42. The Balaban J connectivity index is 1.94. The minimum absolute atomic E-state index is 0.0396. The Hall–Kier alpha value is -1.21. The molecule has 0 saturated heterocycles. The van der Waals surface area contributed by atoms with Crippen LogP contribution >= 0.6 is 0 Å². The Morgan fingerprint density at radius 2 is 2.00 bits per heavy atom. The van der Waals surface area contributed by atoms with Gasteiger partial charge in [0.15, 0.2) is 0 Å². The molecule has 136 valence electrons. The van der Waals surface area contributed by atoms with Crippen LogP contribution in [-0.4, -0.2) is 55.9 Å². The lowest BCUT2D eigenvalue weighted by atomic mass is 9.66. The molecule has 2 rings (SSSR count). The summed E-state index contributed by atoms with van der Waals surface area (Å²) in [6.07, 6.45) is 3.87. The number of hydrogen-bond donors (Lipinski definition) is 5. The Bertz CT molecular complexity index is 500. The van der Waals surface area contributed by atoms with Crippen molar-refractivity contribution in [2.45, 2.75) is 63.4 Å². The SMILES string of the molecule is C[C@@H]1C=CC2=C[C@@H](O)C[C@H](O)[C@@H]2[C@H]1CC[C@@H](O)C[C@@H](O)CC(=O)O. The number of rotatable bonds is 7. The van der Waals surface area contributed by atoms with Gasteiger partial charge >= 0.3 is 5.97 Å². The van der Waals surface area contributed by atoms with Crippen molar-refractivity contribution in [3.8, 4) is 0 Å². The Morgan fingerprint density at radius 3 is 2.67 bits per heavy atom. The zero-order chi connectivity index (χ0) is 17.9. The van der Waals surface area contributed by atoms with Gasteiger partial charge in [-0.3, -0.25) is 4.79 Å². The van der Waals surface area contributed by atoms with Gasteiger partial charge in [-0.15, -0.1) is 0 Å². The van der Waals surface area contributed by atoms with Crippen molar-refractivity contribution in [2.75, 3.05) is 0 Å². The van der Waals surface area contributed by atoms with Gasteiger partial charge in [-0.25, -0.2) is 0 Å². The van der Waals surface area contributed by atoms with E-state index < -0.39 is 30.4 Å². The first kappa shape index (κ1) is 19.1. The fourth-order valence-electron chi connectivity index (χ4n) is 3.99. The van der Waals surface area contributed by atoms with Gasteiger partial charge in [0, 0.05) is 12.3 Å². The van der Waals surface area contributed by atoms with E-state index in [2.05, 4.69) is 13.0 Å². The van der Waals surface area contributed by atoms with Crippen LogP contribution < -0.4 is 0 Å². The molecule has 0 aromatic rings. The van der Waals surface area contributed by atoms with E-state index in [1.807, 2.05) is 6.08 Å². The number of aliphatic hydroxyl groups is 4. The van der Waals surface area contributed by atoms with Gasteiger partial charge in [-0.2, -0.15) is 0 Å². The maximum absolute atomic E-state index is 10.6. The van der Waals surface area contributed by atoms with Crippen molar-refractivity contribution in [1.82, 2.24) is 0 Å². The molecule has 6 nitrogen and oxygen atoms in total. The molecule has 2 aliphatic rings. The molecule has 0 bridgehead atoms. The Kier molecular flexibility index (Phi) is 6.57. The first-order valence-corrected chi connectivity index (χ1v) is 8.62. The minimum Gasteiger partial charge on any atom is -0.481 e. The molecule has 0 fully saturated rings. The van der Waals surface area contributed by atoms with Gasteiger partial charge in [-0.05, 0) is 36.7 Å². The van der Waals surface area contributed by atoms with E-state index in [9.17, 15) is 25.2 Å². The third-order valence-electron chi connectivity index (χ3n) is 5.18. The quantitative estimate of drug-likeness (QED) is 0.469. The molecule has 24 heavy (non-hydrogen) atoms. The maximum Gasteiger partial charge on any atom is 0.305 e. The van der Waals surface area contributed by atoms with Crippen molar-refractivity contribution in [3.63, 3.8) is 0 Å². The Morgan fingerprint density at radius 1 is 1.29 bits per heavy atom. The lowest BCUT2D eigenvalue weighted by molar-refractivity contribution is -0.139. The average molecular weight is 340 g/mol. The largest absolute Gasteiger partial charge is 0.481 e. The predicted octanol–water partition coefficient (Wildman–Crippen LogP) is 0.843. The van der Waals surface area contributed by atoms with Gasteiger partial charge in [0.1, 0.15) is 0 Å². The van der Waals surface area contributed by atoms with Crippen LogP contribution in [0.5, 0.6) is 0 Å². The zero-order valence-corrected chi connectivity index (χ0v) is 14.0. The fourth-order valence-corrected chi connectivity index (χ4v) is 3.99. The van der Waals surface area contributed by atoms with Crippen molar-refractivity contribution >= 4 is 5.97 Å². The molecule has 0 aromatic heterocycles. The summed E-state index contributed by atoms with van der Waals surface area (Å²) in [6, 6.07) is 0. The number of carbonyl (C=O) groups is 1. The number of hydrogen-bond acceptors (Lipinski definition) is 5. The molecular formula is C18H28O6. The van der Waals surface area contributed by atoms with Crippen LogP contribution in [0.2, 0.25) is 0 Å². The molecule has 0 radical (unpaired) electrons. The molecular weight excluding hydrogens is 312 g/mol. The average Bonchev–Trinajstić information content (AvgIpc) is 2.45. The first-order valence-electron chi connectivity index (χ1n) is 8.62. The molecule has 0 unspecified atom stereocenters. The van der Waals surface area contributed by atoms with Crippen LogP contribution in [0.3, 0.4) is 0 Å². The Labute approximate surface area is 142 Å². The van der Waals surface area contributed by atoms with Crippen molar-refractivity contribution in [1.29, 1.82) is 0 Å². The third kappa shape index (κ3) is 4.89. The second kappa shape index (κ2) is 8.25. The lowest BCUT2D eigenvalue weighted by Gasteiger charge is -2.41. The molecule has 6 heteroatoms. The number of aliphatic carboxylic acids is 1. The first-order chi connectivity index (χ1) is 11.3. The molecule has 5 N–H and O–H groups in total. The predicted molar refractivity (Wildman–Crippen MR) is 88.1 cm³/mol. The van der Waals surface area contributed by atoms with E-state index >= 15 is 0 Å². The summed E-state index contributed by atoms with van der Waals surface area (Å²) >= 11 is 0. The molecule has 0 heterocycles. The summed E-state index contributed by atoms with van der Waals surface area (Å²) < 4.78 is 0.